The van der Waals surface area contributed by atoms with Gasteiger partial charge in [-0.2, -0.15) is 0 Å². The molecule has 0 aliphatic heterocycles. The van der Waals surface area contributed by atoms with E-state index in [-0.39, 0.29) is 5.92 Å². The van der Waals surface area contributed by atoms with Crippen LogP contribution in [0.1, 0.15) is 43.5 Å². The van der Waals surface area contributed by atoms with E-state index in [1.165, 1.54) is 6.42 Å². The summed E-state index contributed by atoms with van der Waals surface area (Å²) < 4.78 is 1.11. The molecule has 0 N–H and O–H groups in total. The quantitative estimate of drug-likeness (QED) is 0.751. The van der Waals surface area contributed by atoms with Gasteiger partial charge in [-0.25, -0.2) is 0 Å². The molecule has 2 heterocycles. The SMILES string of the molecule is CC1CC(C)CC(C(=O)c2cnc3ccsc3c2)C1. The number of Topliss-reactive ketones (excluding diaryl/α,β-unsaturated/α-hetero) is 1. The molecule has 3 rings (SSSR count). The van der Waals surface area contributed by atoms with Crippen molar-refractivity contribution in [1.82, 2.24) is 4.98 Å². The van der Waals surface area contributed by atoms with Crippen LogP contribution >= 0.6 is 11.3 Å². The number of ketones is 1. The molecule has 100 valence electrons. The van der Waals surface area contributed by atoms with Crippen LogP contribution in [0, 0.1) is 17.8 Å². The molecule has 0 radical (unpaired) electrons. The Balaban J connectivity index is 1.86. The van der Waals surface area contributed by atoms with Gasteiger partial charge < -0.3 is 0 Å². The lowest BCUT2D eigenvalue weighted by atomic mass is 9.74. The zero-order valence-corrected chi connectivity index (χ0v) is 12.2. The maximum Gasteiger partial charge on any atom is 0.167 e. The summed E-state index contributed by atoms with van der Waals surface area (Å²) in [6.45, 7) is 4.52. The van der Waals surface area contributed by atoms with E-state index < -0.39 is 0 Å². The summed E-state index contributed by atoms with van der Waals surface area (Å²) in [4.78, 5) is 17.0. The largest absolute Gasteiger partial charge is 0.294 e. The minimum absolute atomic E-state index is 0.193. The molecule has 2 nitrogen and oxygen atoms in total. The second kappa shape index (κ2) is 5.04. The summed E-state index contributed by atoms with van der Waals surface area (Å²) in [5.74, 6) is 1.81. The van der Waals surface area contributed by atoms with E-state index in [0.29, 0.717) is 17.6 Å². The summed E-state index contributed by atoms with van der Waals surface area (Å²) in [6.07, 6.45) is 5.07. The number of carbonyl (C=O) groups is 1. The molecule has 1 saturated carbocycles. The van der Waals surface area contributed by atoms with E-state index >= 15 is 0 Å². The molecule has 1 aliphatic rings. The molecule has 1 fully saturated rings. The summed E-state index contributed by atoms with van der Waals surface area (Å²) in [7, 11) is 0. The maximum absolute atomic E-state index is 12.6. The fourth-order valence-electron chi connectivity index (χ4n) is 3.38. The number of carbonyl (C=O) groups excluding carboxylic acids is 1. The highest BCUT2D eigenvalue weighted by Crippen LogP contribution is 2.35. The molecule has 2 aromatic heterocycles. The van der Waals surface area contributed by atoms with Crippen molar-refractivity contribution in [3.05, 3.63) is 29.3 Å². The van der Waals surface area contributed by atoms with Crippen molar-refractivity contribution in [2.45, 2.75) is 33.1 Å². The van der Waals surface area contributed by atoms with Gasteiger partial charge in [0.25, 0.3) is 0 Å². The number of rotatable bonds is 2. The number of pyridine rings is 1. The van der Waals surface area contributed by atoms with Crippen molar-refractivity contribution in [1.29, 1.82) is 0 Å². The topological polar surface area (TPSA) is 30.0 Å². The first-order valence-corrected chi connectivity index (χ1v) is 7.89. The van der Waals surface area contributed by atoms with Crippen LogP contribution in [0.3, 0.4) is 0 Å². The zero-order chi connectivity index (χ0) is 13.4. The smallest absolute Gasteiger partial charge is 0.167 e. The minimum atomic E-state index is 0.193. The van der Waals surface area contributed by atoms with Gasteiger partial charge in [-0.15, -0.1) is 11.3 Å². The fourth-order valence-corrected chi connectivity index (χ4v) is 4.16. The third-order valence-corrected chi connectivity index (χ3v) is 4.99. The van der Waals surface area contributed by atoms with Gasteiger partial charge in [0.15, 0.2) is 5.78 Å². The molecular weight excluding hydrogens is 254 g/mol. The molecule has 0 bridgehead atoms. The molecule has 2 unspecified atom stereocenters. The average Bonchev–Trinajstić information content (AvgIpc) is 2.83. The molecule has 2 atom stereocenters. The number of thiophene rings is 1. The predicted octanol–water partition coefficient (Wildman–Crippen LogP) is 4.55. The standard InChI is InChI=1S/C16H19NOS/c1-10-5-11(2)7-12(6-10)16(18)13-8-15-14(17-9-13)3-4-19-15/h3-4,8-12H,5-7H2,1-2H3. The van der Waals surface area contributed by atoms with Crippen LogP contribution < -0.4 is 0 Å². The van der Waals surface area contributed by atoms with Gasteiger partial charge in [0.05, 0.1) is 10.2 Å². The Labute approximate surface area is 117 Å². The second-order valence-corrected chi connectivity index (χ2v) is 6.95. The number of nitrogens with zero attached hydrogens (tertiary/aromatic N) is 1. The van der Waals surface area contributed by atoms with Crippen molar-refractivity contribution in [3.8, 4) is 0 Å². The summed E-state index contributed by atoms with van der Waals surface area (Å²) in [5, 5.41) is 2.02. The normalized spacial score (nSPS) is 27.6. The molecule has 2 aromatic rings. The third-order valence-electron chi connectivity index (χ3n) is 4.14. The van der Waals surface area contributed by atoms with E-state index in [2.05, 4.69) is 18.8 Å². The van der Waals surface area contributed by atoms with Crippen LogP contribution in [0.2, 0.25) is 0 Å². The second-order valence-electron chi connectivity index (χ2n) is 6.01. The Morgan fingerprint density at radius 2 is 2.00 bits per heavy atom. The van der Waals surface area contributed by atoms with E-state index in [4.69, 9.17) is 0 Å². The van der Waals surface area contributed by atoms with Gasteiger partial charge in [0, 0.05) is 17.7 Å². The third kappa shape index (κ3) is 2.57. The van der Waals surface area contributed by atoms with Gasteiger partial charge in [0.2, 0.25) is 0 Å². The van der Waals surface area contributed by atoms with E-state index in [1.54, 1.807) is 17.5 Å². The van der Waals surface area contributed by atoms with Crippen molar-refractivity contribution in [2.75, 3.05) is 0 Å². The number of hydrogen-bond donors (Lipinski definition) is 0. The Morgan fingerprint density at radius 1 is 1.26 bits per heavy atom. The molecule has 0 aromatic carbocycles. The average molecular weight is 273 g/mol. The lowest BCUT2D eigenvalue weighted by molar-refractivity contribution is 0.0836. The lowest BCUT2D eigenvalue weighted by Crippen LogP contribution is -2.26. The van der Waals surface area contributed by atoms with Gasteiger partial charge >= 0.3 is 0 Å². The summed E-state index contributed by atoms with van der Waals surface area (Å²) >= 11 is 1.65. The Morgan fingerprint density at radius 3 is 2.74 bits per heavy atom. The van der Waals surface area contributed by atoms with Crippen LogP contribution in [0.15, 0.2) is 23.7 Å². The van der Waals surface area contributed by atoms with Crippen LogP contribution in [-0.2, 0) is 0 Å². The molecule has 0 amide bonds. The van der Waals surface area contributed by atoms with Gasteiger partial charge in [-0.3, -0.25) is 9.78 Å². The first-order chi connectivity index (χ1) is 9.13. The Hall–Kier alpha value is -1.22. The Bertz CT molecular complexity index is 594. The zero-order valence-electron chi connectivity index (χ0n) is 11.4. The molecular formula is C16H19NOS. The van der Waals surface area contributed by atoms with Gasteiger partial charge in [-0.1, -0.05) is 13.8 Å². The van der Waals surface area contributed by atoms with Crippen LogP contribution in [0.4, 0.5) is 0 Å². The van der Waals surface area contributed by atoms with E-state index in [9.17, 15) is 4.79 Å². The molecule has 0 spiro atoms. The van der Waals surface area contributed by atoms with Gasteiger partial charge in [0.1, 0.15) is 0 Å². The molecule has 1 aliphatic carbocycles. The number of hydrogen-bond acceptors (Lipinski definition) is 3. The minimum Gasteiger partial charge on any atom is -0.294 e. The van der Waals surface area contributed by atoms with Crippen LogP contribution in [-0.4, -0.2) is 10.8 Å². The van der Waals surface area contributed by atoms with Gasteiger partial charge in [-0.05, 0) is 48.6 Å². The lowest BCUT2D eigenvalue weighted by Gasteiger charge is -2.30. The van der Waals surface area contributed by atoms with E-state index in [0.717, 1.165) is 28.6 Å². The van der Waals surface area contributed by atoms with Crippen molar-refractivity contribution < 1.29 is 4.79 Å². The van der Waals surface area contributed by atoms with Crippen LogP contribution in [0.25, 0.3) is 10.2 Å². The first kappa shape index (κ1) is 12.8. The molecule has 0 saturated heterocycles. The molecule has 19 heavy (non-hydrogen) atoms. The van der Waals surface area contributed by atoms with Crippen LogP contribution in [0.5, 0.6) is 0 Å². The Kier molecular flexibility index (Phi) is 3.40. The number of aromatic nitrogens is 1. The highest BCUT2D eigenvalue weighted by Gasteiger charge is 2.29. The maximum atomic E-state index is 12.6. The van der Waals surface area contributed by atoms with E-state index in [1.807, 2.05) is 17.5 Å². The molecule has 3 heteroatoms. The van der Waals surface area contributed by atoms with Crippen molar-refractivity contribution >= 4 is 27.3 Å². The summed E-state index contributed by atoms with van der Waals surface area (Å²) in [6, 6.07) is 4.01. The van der Waals surface area contributed by atoms with Crippen molar-refractivity contribution in [3.63, 3.8) is 0 Å². The highest BCUT2D eigenvalue weighted by atomic mass is 32.1. The first-order valence-electron chi connectivity index (χ1n) is 7.01. The van der Waals surface area contributed by atoms with Crippen molar-refractivity contribution in [2.24, 2.45) is 17.8 Å². The highest BCUT2D eigenvalue weighted by molar-refractivity contribution is 7.17. The predicted molar refractivity (Wildman–Crippen MR) is 79.6 cm³/mol. The monoisotopic (exact) mass is 273 g/mol. The number of fused-ring (bicyclic) bond motifs is 1. The summed E-state index contributed by atoms with van der Waals surface area (Å²) in [5.41, 5.74) is 1.79. The fraction of sp³-hybridized carbons (Fsp3) is 0.500.